The fourth-order valence-electron chi connectivity index (χ4n) is 3.93. The number of rotatable bonds is 5. The van der Waals surface area contributed by atoms with Crippen LogP contribution in [0.2, 0.25) is 0 Å². The van der Waals surface area contributed by atoms with Crippen LogP contribution in [-0.2, 0) is 14.8 Å². The van der Waals surface area contributed by atoms with Gasteiger partial charge in [0.15, 0.2) is 0 Å². The summed E-state index contributed by atoms with van der Waals surface area (Å²) >= 11 is 0. The highest BCUT2D eigenvalue weighted by Gasteiger charge is 2.36. The van der Waals surface area contributed by atoms with Crippen LogP contribution in [0.4, 0.5) is 4.79 Å². The van der Waals surface area contributed by atoms with E-state index in [1.54, 1.807) is 30.9 Å². The standard InChI is InChI=1S/C26H33N3O4S/c1-18(2)34(31,32)28-24-14-15-29(25(30)33-26(3,4)5)17-23(24)22-12-10-21(11-13-22)20-8-6-19(16-27)7-9-20/h6-13,18,23-24,28H,14-15,17H2,1-5H3/t23-,24+/m1/s1. The monoisotopic (exact) mass is 483 g/mol. The Hall–Kier alpha value is -2.89. The first kappa shape index (κ1) is 25.7. The topological polar surface area (TPSA) is 99.5 Å². The Bertz CT molecular complexity index is 1140. The highest BCUT2D eigenvalue weighted by molar-refractivity contribution is 7.90. The van der Waals surface area contributed by atoms with Crippen LogP contribution in [0.5, 0.6) is 0 Å². The number of hydrogen-bond donors (Lipinski definition) is 1. The summed E-state index contributed by atoms with van der Waals surface area (Å²) in [7, 11) is -3.47. The second kappa shape index (κ2) is 10.2. The van der Waals surface area contributed by atoms with Gasteiger partial charge in [0.05, 0.1) is 16.9 Å². The summed E-state index contributed by atoms with van der Waals surface area (Å²) in [5.74, 6) is -0.218. The highest BCUT2D eigenvalue weighted by Crippen LogP contribution is 2.31. The summed E-state index contributed by atoms with van der Waals surface area (Å²) in [6.07, 6.45) is 0.101. The van der Waals surface area contributed by atoms with Gasteiger partial charge in [0, 0.05) is 25.0 Å². The van der Waals surface area contributed by atoms with E-state index in [1.165, 1.54) is 0 Å². The smallest absolute Gasteiger partial charge is 0.410 e. The van der Waals surface area contributed by atoms with Crippen molar-refractivity contribution in [2.24, 2.45) is 0 Å². The summed E-state index contributed by atoms with van der Waals surface area (Å²) in [4.78, 5) is 14.4. The van der Waals surface area contributed by atoms with E-state index in [0.717, 1.165) is 16.7 Å². The zero-order chi connectivity index (χ0) is 25.1. The maximum atomic E-state index is 12.7. The molecule has 1 amide bonds. The average molecular weight is 484 g/mol. The molecule has 1 N–H and O–H groups in total. The maximum Gasteiger partial charge on any atom is 0.410 e. The molecular formula is C26H33N3O4S. The lowest BCUT2D eigenvalue weighted by atomic mass is 9.86. The third kappa shape index (κ3) is 6.37. The maximum absolute atomic E-state index is 12.7. The van der Waals surface area contributed by atoms with Gasteiger partial charge < -0.3 is 9.64 Å². The van der Waals surface area contributed by atoms with Crippen LogP contribution in [0, 0.1) is 11.3 Å². The van der Waals surface area contributed by atoms with Crippen molar-refractivity contribution in [3.8, 4) is 17.2 Å². The minimum absolute atomic E-state index is 0.218. The summed E-state index contributed by atoms with van der Waals surface area (Å²) in [5, 5.41) is 8.46. The summed E-state index contributed by atoms with van der Waals surface area (Å²) in [6.45, 7) is 9.56. The van der Waals surface area contributed by atoms with Crippen molar-refractivity contribution in [1.82, 2.24) is 9.62 Å². The van der Waals surface area contributed by atoms with Crippen LogP contribution in [0.15, 0.2) is 48.5 Å². The Morgan fingerprint density at radius 3 is 2.15 bits per heavy atom. The van der Waals surface area contributed by atoms with Gasteiger partial charge in [0.1, 0.15) is 5.60 Å². The molecule has 0 saturated carbocycles. The number of ether oxygens (including phenoxy) is 1. The van der Waals surface area contributed by atoms with Crippen molar-refractivity contribution < 1.29 is 17.9 Å². The number of nitrogens with zero attached hydrogens (tertiary/aromatic N) is 2. The van der Waals surface area contributed by atoms with E-state index >= 15 is 0 Å². The van der Waals surface area contributed by atoms with E-state index < -0.39 is 27.0 Å². The lowest BCUT2D eigenvalue weighted by molar-refractivity contribution is 0.0182. The van der Waals surface area contributed by atoms with E-state index in [1.807, 2.05) is 57.2 Å². The minimum Gasteiger partial charge on any atom is -0.444 e. The number of nitriles is 1. The van der Waals surface area contributed by atoms with E-state index in [2.05, 4.69) is 10.8 Å². The molecule has 34 heavy (non-hydrogen) atoms. The number of carbonyl (C=O) groups is 1. The highest BCUT2D eigenvalue weighted by atomic mass is 32.2. The van der Waals surface area contributed by atoms with Crippen LogP contribution >= 0.6 is 0 Å². The van der Waals surface area contributed by atoms with Crippen LogP contribution in [0.3, 0.4) is 0 Å². The zero-order valence-electron chi connectivity index (χ0n) is 20.4. The molecule has 0 aromatic heterocycles. The Balaban J connectivity index is 1.87. The summed E-state index contributed by atoms with van der Waals surface area (Å²) < 4.78 is 33.7. The van der Waals surface area contributed by atoms with Crippen molar-refractivity contribution >= 4 is 16.1 Å². The van der Waals surface area contributed by atoms with E-state index in [0.29, 0.717) is 25.1 Å². The van der Waals surface area contributed by atoms with Gasteiger partial charge in [0.2, 0.25) is 10.0 Å². The number of sulfonamides is 1. The van der Waals surface area contributed by atoms with Crippen LogP contribution in [-0.4, -0.2) is 49.4 Å². The largest absolute Gasteiger partial charge is 0.444 e. The number of amides is 1. The van der Waals surface area contributed by atoms with Crippen molar-refractivity contribution in [2.45, 2.75) is 63.9 Å². The van der Waals surface area contributed by atoms with Crippen molar-refractivity contribution in [2.75, 3.05) is 13.1 Å². The lowest BCUT2D eigenvalue weighted by Gasteiger charge is -2.39. The molecule has 7 nitrogen and oxygen atoms in total. The lowest BCUT2D eigenvalue weighted by Crippen LogP contribution is -2.53. The second-order valence-corrected chi connectivity index (χ2v) is 12.2. The van der Waals surface area contributed by atoms with Gasteiger partial charge in [-0.3, -0.25) is 0 Å². The molecule has 1 fully saturated rings. The number of carbonyl (C=O) groups excluding carboxylic acids is 1. The second-order valence-electron chi connectivity index (χ2n) is 9.95. The quantitative estimate of drug-likeness (QED) is 0.668. The molecule has 1 aliphatic rings. The summed E-state index contributed by atoms with van der Waals surface area (Å²) in [6, 6.07) is 17.1. The normalized spacial score (nSPS) is 19.0. The molecule has 3 rings (SSSR count). The number of hydrogen-bond acceptors (Lipinski definition) is 5. The van der Waals surface area contributed by atoms with Gasteiger partial charge in [0.25, 0.3) is 0 Å². The molecule has 182 valence electrons. The molecule has 0 unspecified atom stereocenters. The first-order valence-electron chi connectivity index (χ1n) is 11.5. The molecule has 1 heterocycles. The van der Waals surface area contributed by atoms with E-state index in [4.69, 9.17) is 10.00 Å². The summed E-state index contributed by atoms with van der Waals surface area (Å²) in [5.41, 5.74) is 2.92. The predicted molar refractivity (Wildman–Crippen MR) is 133 cm³/mol. The van der Waals surface area contributed by atoms with Crippen molar-refractivity contribution in [1.29, 1.82) is 5.26 Å². The van der Waals surface area contributed by atoms with Crippen LogP contribution in [0.25, 0.3) is 11.1 Å². The fourth-order valence-corrected chi connectivity index (χ4v) is 4.91. The molecule has 1 saturated heterocycles. The number of piperidine rings is 1. The van der Waals surface area contributed by atoms with Gasteiger partial charge in [-0.1, -0.05) is 36.4 Å². The third-order valence-corrected chi connectivity index (χ3v) is 7.76. The van der Waals surface area contributed by atoms with Crippen molar-refractivity contribution in [3.63, 3.8) is 0 Å². The molecular weight excluding hydrogens is 450 g/mol. The molecule has 0 radical (unpaired) electrons. The first-order valence-corrected chi connectivity index (χ1v) is 13.0. The van der Waals surface area contributed by atoms with Gasteiger partial charge in [-0.15, -0.1) is 0 Å². The number of benzene rings is 2. The molecule has 0 aliphatic carbocycles. The van der Waals surface area contributed by atoms with Crippen LogP contribution < -0.4 is 4.72 Å². The third-order valence-electron chi connectivity index (χ3n) is 5.89. The Kier molecular flexibility index (Phi) is 7.69. The van der Waals surface area contributed by atoms with Gasteiger partial charge in [-0.2, -0.15) is 5.26 Å². The Morgan fingerprint density at radius 1 is 1.09 bits per heavy atom. The van der Waals surface area contributed by atoms with Gasteiger partial charge >= 0.3 is 6.09 Å². The Labute approximate surface area is 202 Å². The van der Waals surface area contributed by atoms with Crippen LogP contribution in [0.1, 0.15) is 58.1 Å². The molecule has 0 bridgehead atoms. The predicted octanol–water partition coefficient (Wildman–Crippen LogP) is 4.65. The van der Waals surface area contributed by atoms with Crippen molar-refractivity contribution in [3.05, 3.63) is 59.7 Å². The zero-order valence-corrected chi connectivity index (χ0v) is 21.2. The Morgan fingerprint density at radius 2 is 1.65 bits per heavy atom. The fraction of sp³-hybridized carbons (Fsp3) is 0.462. The molecule has 2 aromatic rings. The van der Waals surface area contributed by atoms with Gasteiger partial charge in [-0.25, -0.2) is 17.9 Å². The first-order chi connectivity index (χ1) is 15.9. The number of nitrogens with one attached hydrogen (secondary N) is 1. The molecule has 0 spiro atoms. The molecule has 1 aliphatic heterocycles. The molecule has 2 atom stereocenters. The SMILES string of the molecule is CC(C)S(=O)(=O)N[C@H]1CCN(C(=O)OC(C)(C)C)C[C@@H]1c1ccc(-c2ccc(C#N)cc2)cc1. The van der Waals surface area contributed by atoms with Gasteiger partial charge in [-0.05, 0) is 69.9 Å². The molecule has 8 heteroatoms. The average Bonchev–Trinajstić information content (AvgIpc) is 2.78. The van der Waals surface area contributed by atoms with E-state index in [9.17, 15) is 13.2 Å². The minimum atomic E-state index is -3.47. The van der Waals surface area contributed by atoms with E-state index in [-0.39, 0.29) is 12.0 Å². The molecule has 2 aromatic carbocycles. The number of likely N-dealkylation sites (tertiary alicyclic amines) is 1.